The van der Waals surface area contributed by atoms with Crippen molar-refractivity contribution in [3.63, 3.8) is 0 Å². The van der Waals surface area contributed by atoms with Crippen LogP contribution >= 0.6 is 0 Å². The van der Waals surface area contributed by atoms with Crippen molar-refractivity contribution in [2.75, 3.05) is 30.3 Å². The van der Waals surface area contributed by atoms with Crippen LogP contribution in [0.5, 0.6) is 0 Å². The summed E-state index contributed by atoms with van der Waals surface area (Å²) in [7, 11) is 0. The van der Waals surface area contributed by atoms with E-state index >= 15 is 0 Å². The van der Waals surface area contributed by atoms with Crippen LogP contribution in [0.15, 0.2) is 36.5 Å². The number of rotatable bonds is 5. The topological polar surface area (TPSA) is 99.6 Å². The van der Waals surface area contributed by atoms with Gasteiger partial charge < -0.3 is 15.1 Å². The summed E-state index contributed by atoms with van der Waals surface area (Å²) >= 11 is 0. The summed E-state index contributed by atoms with van der Waals surface area (Å²) in [6.07, 6.45) is 4.50. The molecular weight excluding hydrogens is 408 g/mol. The summed E-state index contributed by atoms with van der Waals surface area (Å²) in [5, 5.41) is 10.2. The van der Waals surface area contributed by atoms with Gasteiger partial charge in [-0.15, -0.1) is 0 Å². The van der Waals surface area contributed by atoms with E-state index in [0.717, 1.165) is 30.5 Å². The molecule has 3 heterocycles. The molecule has 0 unspecified atom stereocenters. The Morgan fingerprint density at radius 2 is 1.84 bits per heavy atom. The van der Waals surface area contributed by atoms with Crippen LogP contribution in [0.1, 0.15) is 44.2 Å². The number of piperidine rings is 1. The van der Waals surface area contributed by atoms with Crippen LogP contribution in [-0.4, -0.2) is 63.1 Å². The molecule has 2 saturated heterocycles. The molecule has 2 aromatic rings. The molecule has 2 aliphatic rings. The highest BCUT2D eigenvalue weighted by Gasteiger charge is 2.34. The fraction of sp³-hybridized carbons (Fsp3) is 0.478. The number of para-hydroxylation sites is 1. The van der Waals surface area contributed by atoms with Crippen molar-refractivity contribution in [1.82, 2.24) is 19.6 Å². The van der Waals surface area contributed by atoms with Crippen LogP contribution in [0.2, 0.25) is 0 Å². The number of likely N-dealkylation sites (tertiary alicyclic amines) is 2. The lowest BCUT2D eigenvalue weighted by Gasteiger charge is -2.36. The lowest BCUT2D eigenvalue weighted by molar-refractivity contribution is -0.143. The highest BCUT2D eigenvalue weighted by atomic mass is 16.2. The summed E-state index contributed by atoms with van der Waals surface area (Å²) in [4.78, 5) is 40.9. The number of anilines is 2. The molecule has 0 spiro atoms. The van der Waals surface area contributed by atoms with E-state index in [1.807, 2.05) is 47.7 Å². The van der Waals surface area contributed by atoms with Crippen LogP contribution in [-0.2, 0) is 9.59 Å². The Hall–Kier alpha value is -3.36. The zero-order valence-corrected chi connectivity index (χ0v) is 18.6. The third-order valence-corrected chi connectivity index (χ3v) is 6.36. The maximum absolute atomic E-state index is 12.9. The Kier molecular flexibility index (Phi) is 6.43. The fourth-order valence-corrected chi connectivity index (χ4v) is 4.49. The molecule has 0 aliphatic carbocycles. The van der Waals surface area contributed by atoms with Gasteiger partial charge in [0.1, 0.15) is 11.9 Å². The van der Waals surface area contributed by atoms with Crippen LogP contribution in [0.25, 0.3) is 0 Å². The molecule has 1 atom stereocenters. The number of hydrogen-bond acceptors (Lipinski definition) is 4. The molecule has 9 heteroatoms. The second kappa shape index (κ2) is 9.42. The Balaban J connectivity index is 1.33. The van der Waals surface area contributed by atoms with Crippen LogP contribution < -0.4 is 10.6 Å². The number of benzene rings is 1. The predicted octanol–water partition coefficient (Wildman–Crippen LogP) is 3.01. The molecule has 9 nitrogen and oxygen atoms in total. The Morgan fingerprint density at radius 3 is 2.53 bits per heavy atom. The van der Waals surface area contributed by atoms with Crippen molar-refractivity contribution >= 4 is 29.4 Å². The summed E-state index contributed by atoms with van der Waals surface area (Å²) < 4.78 is 1.83. The number of hydrogen-bond donors (Lipinski definition) is 2. The molecule has 4 amide bonds. The minimum atomic E-state index is -0.409. The van der Waals surface area contributed by atoms with E-state index in [9.17, 15) is 14.4 Å². The summed E-state index contributed by atoms with van der Waals surface area (Å²) in [5.41, 5.74) is 1.74. The van der Waals surface area contributed by atoms with Crippen molar-refractivity contribution in [1.29, 1.82) is 0 Å². The molecule has 170 valence electrons. The molecule has 0 saturated carbocycles. The minimum Gasteiger partial charge on any atom is -0.341 e. The minimum absolute atomic E-state index is 0.00937. The number of carbonyl (C=O) groups excluding carboxylic acids is 3. The largest absolute Gasteiger partial charge is 0.341 e. The van der Waals surface area contributed by atoms with E-state index in [-0.39, 0.29) is 23.9 Å². The van der Waals surface area contributed by atoms with E-state index in [1.54, 1.807) is 17.2 Å². The smallest absolute Gasteiger partial charge is 0.324 e. The molecule has 4 rings (SSSR count). The standard InChI is InChI=1S/C23H30N6O3/c1-16-6-3-4-7-19(16)25-23(32)26-20-9-12-24-29(20)18-10-14-27(15-11-18)22(31)17(2)28-13-5-8-21(28)30/h3-4,6-7,9,12,17-18H,5,8,10-11,13-15H2,1-2H3,(H2,25,26,32)/t17-/m0/s1. The summed E-state index contributed by atoms with van der Waals surface area (Å²) in [6, 6.07) is 8.73. The first kappa shape index (κ1) is 21.9. The summed E-state index contributed by atoms with van der Waals surface area (Å²) in [6.45, 7) is 5.62. The van der Waals surface area contributed by atoms with Crippen molar-refractivity contribution < 1.29 is 14.4 Å². The van der Waals surface area contributed by atoms with Gasteiger partial charge in [-0.3, -0.25) is 14.9 Å². The summed E-state index contributed by atoms with van der Waals surface area (Å²) in [5.74, 6) is 0.698. The van der Waals surface area contributed by atoms with Crippen molar-refractivity contribution in [3.8, 4) is 0 Å². The van der Waals surface area contributed by atoms with Gasteiger partial charge in [-0.05, 0) is 44.7 Å². The first-order valence-corrected chi connectivity index (χ1v) is 11.2. The van der Waals surface area contributed by atoms with E-state index in [0.29, 0.717) is 31.9 Å². The van der Waals surface area contributed by atoms with E-state index in [2.05, 4.69) is 15.7 Å². The van der Waals surface area contributed by atoms with E-state index in [4.69, 9.17) is 0 Å². The maximum Gasteiger partial charge on any atom is 0.324 e. The molecule has 1 aromatic carbocycles. The number of carbonyl (C=O) groups is 3. The second-order valence-corrected chi connectivity index (χ2v) is 8.48. The fourth-order valence-electron chi connectivity index (χ4n) is 4.49. The molecule has 2 aliphatic heterocycles. The molecule has 1 aromatic heterocycles. The van der Waals surface area contributed by atoms with Crippen molar-refractivity contribution in [2.24, 2.45) is 0 Å². The number of nitrogens with zero attached hydrogens (tertiary/aromatic N) is 4. The molecule has 32 heavy (non-hydrogen) atoms. The Bertz CT molecular complexity index is 995. The third-order valence-electron chi connectivity index (χ3n) is 6.36. The van der Waals surface area contributed by atoms with Gasteiger partial charge in [0, 0.05) is 37.8 Å². The molecule has 2 N–H and O–H groups in total. The first-order chi connectivity index (χ1) is 15.4. The van der Waals surface area contributed by atoms with Gasteiger partial charge in [0.05, 0.1) is 12.2 Å². The third kappa shape index (κ3) is 4.61. The lowest BCUT2D eigenvalue weighted by Crippen LogP contribution is -2.50. The highest BCUT2D eigenvalue weighted by molar-refractivity contribution is 5.99. The maximum atomic E-state index is 12.9. The molecule has 0 bridgehead atoms. The Labute approximate surface area is 187 Å². The van der Waals surface area contributed by atoms with Crippen LogP contribution in [0.4, 0.5) is 16.3 Å². The van der Waals surface area contributed by atoms with Gasteiger partial charge in [0.15, 0.2) is 0 Å². The van der Waals surface area contributed by atoms with Crippen molar-refractivity contribution in [3.05, 3.63) is 42.1 Å². The Morgan fingerprint density at radius 1 is 1.09 bits per heavy atom. The number of aromatic nitrogens is 2. The van der Waals surface area contributed by atoms with Gasteiger partial charge in [-0.25, -0.2) is 9.48 Å². The van der Waals surface area contributed by atoms with Gasteiger partial charge in [0.25, 0.3) is 0 Å². The quantitative estimate of drug-likeness (QED) is 0.750. The highest BCUT2D eigenvalue weighted by Crippen LogP contribution is 2.27. The first-order valence-electron chi connectivity index (χ1n) is 11.2. The second-order valence-electron chi connectivity index (χ2n) is 8.48. The van der Waals surface area contributed by atoms with Crippen LogP contribution in [0, 0.1) is 6.92 Å². The molecule has 0 radical (unpaired) electrons. The van der Waals surface area contributed by atoms with E-state index in [1.165, 1.54) is 0 Å². The number of nitrogens with one attached hydrogen (secondary N) is 2. The molecule has 2 fully saturated rings. The van der Waals surface area contributed by atoms with Crippen LogP contribution in [0.3, 0.4) is 0 Å². The number of urea groups is 1. The monoisotopic (exact) mass is 438 g/mol. The lowest BCUT2D eigenvalue weighted by atomic mass is 10.0. The van der Waals surface area contributed by atoms with Gasteiger partial charge in [-0.1, -0.05) is 18.2 Å². The van der Waals surface area contributed by atoms with Gasteiger partial charge in [-0.2, -0.15) is 5.10 Å². The van der Waals surface area contributed by atoms with Gasteiger partial charge in [0.2, 0.25) is 11.8 Å². The average molecular weight is 439 g/mol. The zero-order valence-electron chi connectivity index (χ0n) is 18.6. The molecular formula is C23H30N6O3. The SMILES string of the molecule is Cc1ccccc1NC(=O)Nc1ccnn1C1CCN(C(=O)[C@H](C)N2CCCC2=O)CC1. The number of amides is 4. The normalized spacial score (nSPS) is 18.0. The predicted molar refractivity (Wildman–Crippen MR) is 121 cm³/mol. The van der Waals surface area contributed by atoms with Crippen molar-refractivity contribution in [2.45, 2.75) is 51.6 Å². The van der Waals surface area contributed by atoms with E-state index < -0.39 is 6.04 Å². The average Bonchev–Trinajstić information content (AvgIpc) is 3.43. The van der Waals surface area contributed by atoms with Gasteiger partial charge >= 0.3 is 6.03 Å². The zero-order chi connectivity index (χ0) is 22.7. The number of aryl methyl sites for hydroxylation is 1.